The van der Waals surface area contributed by atoms with E-state index >= 15 is 0 Å². The van der Waals surface area contributed by atoms with Crippen molar-refractivity contribution in [3.8, 4) is 0 Å². The first-order valence-corrected chi connectivity index (χ1v) is 9.81. The SMILES string of the molecule is O=C(Nc1ccc(NC(=O)OCc2c(F)c(F)c(F)c(F)c2F)cc1)OCc1c(F)c(F)c(F)c(F)c1F. The maximum Gasteiger partial charge on any atom is 0.411 e. The van der Waals surface area contributed by atoms with E-state index in [1.54, 1.807) is 0 Å². The van der Waals surface area contributed by atoms with Gasteiger partial charge in [0.2, 0.25) is 11.6 Å². The number of amides is 2. The van der Waals surface area contributed by atoms with Gasteiger partial charge < -0.3 is 9.47 Å². The molecule has 3 aromatic carbocycles. The molecule has 3 aromatic rings. The van der Waals surface area contributed by atoms with Crippen molar-refractivity contribution < 1.29 is 63.0 Å². The number of rotatable bonds is 6. The Bertz CT molecular complexity index is 1250. The topological polar surface area (TPSA) is 76.7 Å². The van der Waals surface area contributed by atoms with Crippen molar-refractivity contribution >= 4 is 23.6 Å². The van der Waals surface area contributed by atoms with Crippen LogP contribution >= 0.6 is 0 Å². The maximum absolute atomic E-state index is 13.6. The molecule has 0 aromatic heterocycles. The molecule has 16 heteroatoms. The molecule has 0 aliphatic heterocycles. The summed E-state index contributed by atoms with van der Waals surface area (Å²) in [5.41, 5.74) is -2.87. The summed E-state index contributed by atoms with van der Waals surface area (Å²) in [5, 5.41) is 4.10. The second-order valence-corrected chi connectivity index (χ2v) is 7.08. The molecule has 0 aliphatic rings. The van der Waals surface area contributed by atoms with Crippen molar-refractivity contribution in [3.63, 3.8) is 0 Å². The summed E-state index contributed by atoms with van der Waals surface area (Å²) in [6.07, 6.45) is -2.73. The van der Waals surface area contributed by atoms with E-state index in [2.05, 4.69) is 9.47 Å². The van der Waals surface area contributed by atoms with Gasteiger partial charge in [0.05, 0.1) is 11.1 Å². The summed E-state index contributed by atoms with van der Waals surface area (Å²) in [7, 11) is 0. The van der Waals surface area contributed by atoms with Crippen LogP contribution < -0.4 is 10.6 Å². The van der Waals surface area contributed by atoms with Crippen molar-refractivity contribution in [1.82, 2.24) is 0 Å². The predicted molar refractivity (Wildman–Crippen MR) is 107 cm³/mol. The van der Waals surface area contributed by atoms with E-state index in [1.807, 2.05) is 10.6 Å². The highest BCUT2D eigenvalue weighted by molar-refractivity contribution is 5.87. The summed E-state index contributed by atoms with van der Waals surface area (Å²) in [5.74, 6) is -22.4. The van der Waals surface area contributed by atoms with E-state index in [-0.39, 0.29) is 11.4 Å². The summed E-state index contributed by atoms with van der Waals surface area (Å²) in [6.45, 7) is -2.63. The van der Waals surface area contributed by atoms with Gasteiger partial charge in [0.15, 0.2) is 46.5 Å². The average Bonchev–Trinajstić information content (AvgIpc) is 2.89. The molecule has 2 amide bonds. The second-order valence-electron chi connectivity index (χ2n) is 7.08. The average molecular weight is 556 g/mol. The Hall–Kier alpha value is -4.50. The number of carbonyl (C=O) groups is 2. The van der Waals surface area contributed by atoms with Crippen LogP contribution in [0.25, 0.3) is 0 Å². The zero-order valence-corrected chi connectivity index (χ0v) is 18.1. The highest BCUT2D eigenvalue weighted by Crippen LogP contribution is 2.25. The summed E-state index contributed by atoms with van der Waals surface area (Å²) < 4.78 is 142. The third-order valence-corrected chi connectivity index (χ3v) is 4.67. The van der Waals surface area contributed by atoms with Crippen molar-refractivity contribution in [2.24, 2.45) is 0 Å². The minimum Gasteiger partial charge on any atom is -0.444 e. The first-order chi connectivity index (χ1) is 17.8. The molecule has 0 spiro atoms. The van der Waals surface area contributed by atoms with Crippen LogP contribution in [0.3, 0.4) is 0 Å². The normalized spacial score (nSPS) is 10.8. The lowest BCUT2D eigenvalue weighted by Crippen LogP contribution is -2.17. The molecule has 0 atom stereocenters. The molecule has 0 aliphatic carbocycles. The lowest BCUT2D eigenvalue weighted by atomic mass is 10.2. The highest BCUT2D eigenvalue weighted by Gasteiger charge is 2.27. The van der Waals surface area contributed by atoms with Gasteiger partial charge in [-0.25, -0.2) is 53.5 Å². The molecular formula is C22H10F10N2O4. The molecule has 0 fully saturated rings. The Kier molecular flexibility index (Phi) is 8.32. The molecule has 3 rings (SSSR count). The molecule has 202 valence electrons. The van der Waals surface area contributed by atoms with Gasteiger partial charge in [-0.1, -0.05) is 0 Å². The van der Waals surface area contributed by atoms with E-state index < -0.39 is 94.7 Å². The predicted octanol–water partition coefficient (Wildman–Crippen LogP) is 6.58. The fourth-order valence-corrected chi connectivity index (χ4v) is 2.77. The minimum atomic E-state index is -2.39. The largest absolute Gasteiger partial charge is 0.444 e. The molecule has 38 heavy (non-hydrogen) atoms. The fourth-order valence-electron chi connectivity index (χ4n) is 2.77. The van der Waals surface area contributed by atoms with Crippen LogP contribution in [0.15, 0.2) is 24.3 Å². The molecule has 0 bridgehead atoms. The van der Waals surface area contributed by atoms with Crippen LogP contribution in [0.1, 0.15) is 11.1 Å². The van der Waals surface area contributed by atoms with Crippen LogP contribution in [0, 0.1) is 58.2 Å². The van der Waals surface area contributed by atoms with Crippen LogP contribution in [0.2, 0.25) is 0 Å². The van der Waals surface area contributed by atoms with Crippen LogP contribution in [0.5, 0.6) is 0 Å². The summed E-state index contributed by atoms with van der Waals surface area (Å²) in [6, 6.07) is 4.50. The van der Waals surface area contributed by atoms with Crippen molar-refractivity contribution in [2.75, 3.05) is 10.6 Å². The van der Waals surface area contributed by atoms with Gasteiger partial charge in [0, 0.05) is 11.4 Å². The standard InChI is InChI=1S/C22H10F10N2O4/c23-11-9(12(24)16(28)19(31)15(11)27)5-37-21(35)33-7-1-2-8(4-3-7)34-22(36)38-6-10-13(25)17(29)20(32)18(30)14(10)26/h1-4H,5-6H2,(H,33,35)(H,34,36). The van der Waals surface area contributed by atoms with Gasteiger partial charge in [0.25, 0.3) is 0 Å². The number of carbonyl (C=O) groups excluding carboxylic acids is 2. The van der Waals surface area contributed by atoms with Gasteiger partial charge >= 0.3 is 12.2 Å². The van der Waals surface area contributed by atoms with Crippen LogP contribution in [-0.2, 0) is 22.7 Å². The first kappa shape index (κ1) is 28.1. The van der Waals surface area contributed by atoms with Gasteiger partial charge in [-0.05, 0) is 24.3 Å². The summed E-state index contributed by atoms with van der Waals surface area (Å²) in [4.78, 5) is 23.6. The van der Waals surface area contributed by atoms with Crippen LogP contribution in [-0.4, -0.2) is 12.2 Å². The molecule has 6 nitrogen and oxygen atoms in total. The zero-order chi connectivity index (χ0) is 28.3. The third kappa shape index (κ3) is 5.73. The molecular weight excluding hydrogens is 546 g/mol. The van der Waals surface area contributed by atoms with Gasteiger partial charge in [-0.15, -0.1) is 0 Å². The van der Waals surface area contributed by atoms with Crippen molar-refractivity contribution in [1.29, 1.82) is 0 Å². The van der Waals surface area contributed by atoms with Crippen molar-refractivity contribution in [3.05, 3.63) is 93.6 Å². The van der Waals surface area contributed by atoms with Crippen molar-refractivity contribution in [2.45, 2.75) is 13.2 Å². The van der Waals surface area contributed by atoms with E-state index in [1.165, 1.54) is 0 Å². The Balaban J connectivity index is 1.55. The number of ether oxygens (including phenoxy) is 2. The number of hydrogen-bond acceptors (Lipinski definition) is 4. The fraction of sp³-hybridized carbons (Fsp3) is 0.0909. The lowest BCUT2D eigenvalue weighted by Gasteiger charge is -2.11. The Morgan fingerprint density at radius 1 is 0.474 bits per heavy atom. The first-order valence-electron chi connectivity index (χ1n) is 9.81. The number of nitrogens with one attached hydrogen (secondary N) is 2. The molecule has 0 heterocycles. The quantitative estimate of drug-likeness (QED) is 0.205. The molecule has 0 saturated heterocycles. The Labute approximate surface area is 204 Å². The number of hydrogen-bond donors (Lipinski definition) is 2. The monoisotopic (exact) mass is 556 g/mol. The molecule has 0 saturated carbocycles. The van der Waals surface area contributed by atoms with Crippen LogP contribution in [0.4, 0.5) is 64.9 Å². The van der Waals surface area contributed by atoms with Gasteiger partial charge in [0.1, 0.15) is 13.2 Å². The summed E-state index contributed by atoms with van der Waals surface area (Å²) >= 11 is 0. The van der Waals surface area contributed by atoms with E-state index in [0.29, 0.717) is 0 Å². The third-order valence-electron chi connectivity index (χ3n) is 4.67. The van der Waals surface area contributed by atoms with E-state index in [9.17, 15) is 53.5 Å². The maximum atomic E-state index is 13.6. The number of benzene rings is 3. The zero-order valence-electron chi connectivity index (χ0n) is 18.1. The Morgan fingerprint density at radius 3 is 0.974 bits per heavy atom. The number of halogens is 10. The molecule has 2 N–H and O–H groups in total. The van der Waals surface area contributed by atoms with E-state index in [4.69, 9.17) is 0 Å². The van der Waals surface area contributed by atoms with E-state index in [0.717, 1.165) is 24.3 Å². The smallest absolute Gasteiger partial charge is 0.411 e. The second kappa shape index (κ2) is 11.3. The highest BCUT2D eigenvalue weighted by atomic mass is 19.2. The van der Waals surface area contributed by atoms with Gasteiger partial charge in [-0.2, -0.15) is 0 Å². The number of anilines is 2. The Morgan fingerprint density at radius 2 is 0.711 bits per heavy atom. The minimum absolute atomic E-state index is 0.0484. The molecule has 0 unspecified atom stereocenters. The molecule has 0 radical (unpaired) electrons. The lowest BCUT2D eigenvalue weighted by molar-refractivity contribution is 0.150. The van der Waals surface area contributed by atoms with Gasteiger partial charge in [-0.3, -0.25) is 10.6 Å².